The third-order valence-electron chi connectivity index (χ3n) is 4.22. The van der Waals surface area contributed by atoms with Crippen LogP contribution in [-0.4, -0.2) is 15.0 Å². The summed E-state index contributed by atoms with van der Waals surface area (Å²) in [4.78, 5) is 11.6. The molecule has 6 heteroatoms. The van der Waals surface area contributed by atoms with Crippen molar-refractivity contribution in [2.24, 2.45) is 0 Å². The van der Waals surface area contributed by atoms with E-state index in [4.69, 9.17) is 11.6 Å². The molecule has 0 aliphatic heterocycles. The number of aromatic nitrogens is 3. The third kappa shape index (κ3) is 3.53. The van der Waals surface area contributed by atoms with E-state index in [1.165, 1.54) is 12.3 Å². The van der Waals surface area contributed by atoms with Gasteiger partial charge in [0.25, 0.3) is 0 Å². The minimum absolute atomic E-state index is 0.337. The number of hydrogen-bond acceptors (Lipinski definition) is 3. The van der Waals surface area contributed by atoms with Gasteiger partial charge in [0, 0.05) is 35.8 Å². The molecule has 2 N–H and O–H groups in total. The number of H-pyrrole nitrogens is 1. The first kappa shape index (κ1) is 16.5. The molecule has 130 valence electrons. The van der Waals surface area contributed by atoms with Crippen LogP contribution in [0, 0.1) is 5.82 Å². The average molecular weight is 367 g/mol. The van der Waals surface area contributed by atoms with Crippen LogP contribution in [0.5, 0.6) is 0 Å². The van der Waals surface area contributed by atoms with Gasteiger partial charge in [-0.25, -0.2) is 14.4 Å². The molecule has 1 aromatic carbocycles. The zero-order valence-corrected chi connectivity index (χ0v) is 14.6. The lowest BCUT2D eigenvalue weighted by Gasteiger charge is -2.08. The van der Waals surface area contributed by atoms with Crippen molar-refractivity contribution in [1.29, 1.82) is 0 Å². The molecular formula is C20H16ClFN4. The van der Waals surface area contributed by atoms with Gasteiger partial charge in [-0.3, -0.25) is 0 Å². The van der Waals surface area contributed by atoms with Crippen LogP contribution >= 0.6 is 11.6 Å². The molecule has 4 nitrogen and oxygen atoms in total. The summed E-state index contributed by atoms with van der Waals surface area (Å²) in [5, 5.41) is 4.79. The van der Waals surface area contributed by atoms with Crippen LogP contribution in [0.2, 0.25) is 5.02 Å². The SMILES string of the molecule is Fc1cnc2[nH]cc(Cc3ccc(NCc4ccccc4Cl)nc3)c2c1. The third-order valence-corrected chi connectivity index (χ3v) is 4.59. The van der Waals surface area contributed by atoms with Crippen LogP contribution in [0.15, 0.2) is 61.1 Å². The molecule has 0 amide bonds. The Morgan fingerprint density at radius 3 is 2.73 bits per heavy atom. The van der Waals surface area contributed by atoms with E-state index in [0.717, 1.165) is 32.9 Å². The molecular weight excluding hydrogens is 351 g/mol. The summed E-state index contributed by atoms with van der Waals surface area (Å²) in [6.45, 7) is 0.611. The molecule has 0 fully saturated rings. The molecule has 0 bridgehead atoms. The van der Waals surface area contributed by atoms with E-state index < -0.39 is 0 Å². The van der Waals surface area contributed by atoms with Gasteiger partial charge in [0.2, 0.25) is 0 Å². The monoisotopic (exact) mass is 366 g/mol. The number of fused-ring (bicyclic) bond motifs is 1. The number of halogens is 2. The maximum Gasteiger partial charge on any atom is 0.142 e. The fourth-order valence-electron chi connectivity index (χ4n) is 2.86. The highest BCUT2D eigenvalue weighted by atomic mass is 35.5. The highest BCUT2D eigenvalue weighted by molar-refractivity contribution is 6.31. The molecule has 26 heavy (non-hydrogen) atoms. The molecule has 0 aliphatic carbocycles. The Labute approximate surface area is 155 Å². The highest BCUT2D eigenvalue weighted by Crippen LogP contribution is 2.21. The van der Waals surface area contributed by atoms with E-state index >= 15 is 0 Å². The number of rotatable bonds is 5. The Morgan fingerprint density at radius 1 is 1.04 bits per heavy atom. The Kier molecular flexibility index (Phi) is 4.54. The number of nitrogens with one attached hydrogen (secondary N) is 2. The van der Waals surface area contributed by atoms with Crippen molar-refractivity contribution in [3.63, 3.8) is 0 Å². The number of pyridine rings is 2. The molecule has 0 saturated carbocycles. The van der Waals surface area contributed by atoms with Crippen molar-refractivity contribution < 1.29 is 4.39 Å². The van der Waals surface area contributed by atoms with Gasteiger partial charge >= 0.3 is 0 Å². The summed E-state index contributed by atoms with van der Waals surface area (Å²) < 4.78 is 13.4. The molecule has 4 rings (SSSR count). The molecule has 0 spiro atoms. The van der Waals surface area contributed by atoms with Crippen molar-refractivity contribution in [2.75, 3.05) is 5.32 Å². The molecule has 4 aromatic rings. The lowest BCUT2D eigenvalue weighted by molar-refractivity contribution is 0.624. The van der Waals surface area contributed by atoms with E-state index in [1.54, 1.807) is 0 Å². The first-order valence-electron chi connectivity index (χ1n) is 8.23. The van der Waals surface area contributed by atoms with Crippen molar-refractivity contribution in [3.8, 4) is 0 Å². The lowest BCUT2D eigenvalue weighted by atomic mass is 10.1. The normalized spacial score (nSPS) is 11.0. The predicted octanol–water partition coefficient (Wildman–Crippen LogP) is 4.95. The lowest BCUT2D eigenvalue weighted by Crippen LogP contribution is -2.02. The zero-order valence-electron chi connectivity index (χ0n) is 13.8. The van der Waals surface area contributed by atoms with Crippen molar-refractivity contribution in [1.82, 2.24) is 15.0 Å². The van der Waals surface area contributed by atoms with E-state index in [-0.39, 0.29) is 5.82 Å². The number of benzene rings is 1. The molecule has 3 heterocycles. The van der Waals surface area contributed by atoms with Crippen LogP contribution in [0.25, 0.3) is 11.0 Å². The van der Waals surface area contributed by atoms with Crippen LogP contribution < -0.4 is 5.32 Å². The van der Waals surface area contributed by atoms with E-state index in [9.17, 15) is 4.39 Å². The first-order chi connectivity index (χ1) is 12.7. The van der Waals surface area contributed by atoms with Gasteiger partial charge in [-0.15, -0.1) is 0 Å². The molecule has 0 unspecified atom stereocenters. The number of hydrogen-bond donors (Lipinski definition) is 2. The Hall–Kier alpha value is -2.92. The Balaban J connectivity index is 1.45. The van der Waals surface area contributed by atoms with E-state index in [2.05, 4.69) is 20.3 Å². The molecule has 0 saturated heterocycles. The van der Waals surface area contributed by atoms with Crippen molar-refractivity contribution in [3.05, 3.63) is 88.6 Å². The summed E-state index contributed by atoms with van der Waals surface area (Å²) in [6, 6.07) is 13.2. The zero-order chi connectivity index (χ0) is 17.9. The van der Waals surface area contributed by atoms with Crippen LogP contribution in [-0.2, 0) is 13.0 Å². The maximum absolute atomic E-state index is 13.4. The Bertz CT molecular complexity index is 1040. The summed E-state index contributed by atoms with van der Waals surface area (Å²) in [7, 11) is 0. The summed E-state index contributed by atoms with van der Waals surface area (Å²) in [5.41, 5.74) is 3.74. The van der Waals surface area contributed by atoms with Gasteiger partial charge in [-0.2, -0.15) is 0 Å². The van der Waals surface area contributed by atoms with Crippen molar-refractivity contribution >= 4 is 28.5 Å². The van der Waals surface area contributed by atoms with Crippen LogP contribution in [0.1, 0.15) is 16.7 Å². The fourth-order valence-corrected chi connectivity index (χ4v) is 3.06. The van der Waals surface area contributed by atoms with Gasteiger partial charge < -0.3 is 10.3 Å². The first-order valence-corrected chi connectivity index (χ1v) is 8.60. The van der Waals surface area contributed by atoms with Crippen LogP contribution in [0.4, 0.5) is 10.2 Å². The summed E-state index contributed by atoms with van der Waals surface area (Å²) >= 11 is 6.16. The van der Waals surface area contributed by atoms with Crippen LogP contribution in [0.3, 0.4) is 0 Å². The standard InChI is InChI=1S/C20H16ClFN4/c21-18-4-2-1-3-14(18)10-24-19-6-5-13(9-23-19)7-15-11-25-20-17(15)8-16(22)12-26-20/h1-6,8-9,11-12H,7,10H2,(H,23,24)(H,25,26). The van der Waals surface area contributed by atoms with Gasteiger partial charge in [-0.05, 0) is 34.9 Å². The maximum atomic E-state index is 13.4. The summed E-state index contributed by atoms with van der Waals surface area (Å²) in [6.07, 6.45) is 5.55. The largest absolute Gasteiger partial charge is 0.366 e. The van der Waals surface area contributed by atoms with E-state index in [0.29, 0.717) is 18.6 Å². The smallest absolute Gasteiger partial charge is 0.142 e. The van der Waals surface area contributed by atoms with Gasteiger partial charge in [0.15, 0.2) is 0 Å². The second kappa shape index (κ2) is 7.14. The second-order valence-corrected chi connectivity index (χ2v) is 6.44. The number of aromatic amines is 1. The fraction of sp³-hybridized carbons (Fsp3) is 0.100. The summed E-state index contributed by atoms with van der Waals surface area (Å²) in [5.74, 6) is 0.441. The molecule has 3 aromatic heterocycles. The molecule has 0 atom stereocenters. The molecule has 0 radical (unpaired) electrons. The average Bonchev–Trinajstić information content (AvgIpc) is 3.04. The topological polar surface area (TPSA) is 53.6 Å². The minimum Gasteiger partial charge on any atom is -0.366 e. The van der Waals surface area contributed by atoms with Gasteiger partial charge in [0.05, 0.1) is 6.20 Å². The quantitative estimate of drug-likeness (QED) is 0.525. The minimum atomic E-state index is -0.337. The number of nitrogens with zero attached hydrogens (tertiary/aromatic N) is 2. The van der Waals surface area contributed by atoms with Crippen molar-refractivity contribution in [2.45, 2.75) is 13.0 Å². The number of anilines is 1. The van der Waals surface area contributed by atoms with Gasteiger partial charge in [-0.1, -0.05) is 35.9 Å². The van der Waals surface area contributed by atoms with Gasteiger partial charge in [0.1, 0.15) is 17.3 Å². The highest BCUT2D eigenvalue weighted by Gasteiger charge is 2.07. The second-order valence-electron chi connectivity index (χ2n) is 6.04. The Morgan fingerprint density at radius 2 is 1.92 bits per heavy atom. The van der Waals surface area contributed by atoms with E-state index in [1.807, 2.05) is 48.8 Å². The predicted molar refractivity (Wildman–Crippen MR) is 102 cm³/mol. The molecule has 0 aliphatic rings.